The largest absolute Gasteiger partial charge is 0.295 e. The van der Waals surface area contributed by atoms with E-state index in [0.717, 1.165) is 12.8 Å². The van der Waals surface area contributed by atoms with Gasteiger partial charge in [-0.15, -0.1) is 0 Å². The van der Waals surface area contributed by atoms with Crippen molar-refractivity contribution < 1.29 is 9.72 Å². The summed E-state index contributed by atoms with van der Waals surface area (Å²) in [7, 11) is 0. The molecule has 0 saturated heterocycles. The van der Waals surface area contributed by atoms with E-state index in [1.165, 1.54) is 19.3 Å². The van der Waals surface area contributed by atoms with E-state index < -0.39 is 6.04 Å². The van der Waals surface area contributed by atoms with Crippen LogP contribution in [0, 0.1) is 16.0 Å². The van der Waals surface area contributed by atoms with Gasteiger partial charge in [-0.05, 0) is 24.3 Å². The fourth-order valence-electron chi connectivity index (χ4n) is 2.48. The lowest BCUT2D eigenvalue weighted by Crippen LogP contribution is -2.19. The predicted octanol–water partition coefficient (Wildman–Crippen LogP) is 3.53. The van der Waals surface area contributed by atoms with Gasteiger partial charge in [0.2, 0.25) is 6.04 Å². The third-order valence-corrected chi connectivity index (χ3v) is 3.64. The van der Waals surface area contributed by atoms with Gasteiger partial charge in [0.1, 0.15) is 0 Å². The van der Waals surface area contributed by atoms with E-state index in [-0.39, 0.29) is 17.1 Å². The summed E-state index contributed by atoms with van der Waals surface area (Å²) in [5.41, 5.74) is 0.675. The molecule has 4 heteroatoms. The summed E-state index contributed by atoms with van der Waals surface area (Å²) in [6.07, 6.45) is 8.65. The first-order chi connectivity index (χ1) is 8.54. The number of nitro groups is 1. The van der Waals surface area contributed by atoms with Crippen molar-refractivity contribution in [2.45, 2.75) is 64.8 Å². The van der Waals surface area contributed by atoms with Crippen molar-refractivity contribution >= 4 is 5.78 Å². The van der Waals surface area contributed by atoms with Crippen molar-refractivity contribution in [3.8, 4) is 0 Å². The van der Waals surface area contributed by atoms with Crippen molar-refractivity contribution in [2.75, 3.05) is 0 Å². The lowest BCUT2D eigenvalue weighted by atomic mass is 9.86. The zero-order chi connectivity index (χ0) is 13.5. The van der Waals surface area contributed by atoms with E-state index in [9.17, 15) is 14.9 Å². The standard InChI is InChI=1S/C14H23NO3/c1-3-14(16)13(9-11(2)15(17)18)10-12-7-5-4-6-8-12/h10-12H,3-9H2,1-2H3/b13-10+. The predicted molar refractivity (Wildman–Crippen MR) is 71.0 cm³/mol. The summed E-state index contributed by atoms with van der Waals surface area (Å²) in [5.74, 6) is 0.512. The minimum absolute atomic E-state index is 0.0641. The first-order valence-corrected chi connectivity index (χ1v) is 6.92. The molecule has 0 spiro atoms. The molecule has 18 heavy (non-hydrogen) atoms. The maximum atomic E-state index is 11.9. The van der Waals surface area contributed by atoms with Gasteiger partial charge in [0.05, 0.1) is 0 Å². The monoisotopic (exact) mass is 253 g/mol. The van der Waals surface area contributed by atoms with Crippen molar-refractivity contribution in [2.24, 2.45) is 5.92 Å². The van der Waals surface area contributed by atoms with E-state index in [2.05, 4.69) is 0 Å². The van der Waals surface area contributed by atoms with E-state index in [1.54, 1.807) is 6.92 Å². The van der Waals surface area contributed by atoms with E-state index in [1.807, 2.05) is 13.0 Å². The molecular formula is C14H23NO3. The molecule has 1 aliphatic rings. The average molecular weight is 253 g/mol. The number of Topliss-reactive ketones (excluding diaryl/α,β-unsaturated/α-hetero) is 1. The van der Waals surface area contributed by atoms with E-state index in [0.29, 0.717) is 17.9 Å². The Bertz CT molecular complexity index is 330. The number of carbonyl (C=O) groups excluding carboxylic acids is 1. The van der Waals surface area contributed by atoms with Gasteiger partial charge in [-0.25, -0.2) is 0 Å². The summed E-state index contributed by atoms with van der Waals surface area (Å²) < 4.78 is 0. The Labute approximate surface area is 109 Å². The van der Waals surface area contributed by atoms with Crippen LogP contribution in [0.3, 0.4) is 0 Å². The third-order valence-electron chi connectivity index (χ3n) is 3.64. The molecule has 0 amide bonds. The minimum atomic E-state index is -0.671. The van der Waals surface area contributed by atoms with Gasteiger partial charge in [-0.2, -0.15) is 0 Å². The van der Waals surface area contributed by atoms with E-state index >= 15 is 0 Å². The molecule has 0 radical (unpaired) electrons. The van der Waals surface area contributed by atoms with Crippen molar-refractivity contribution in [1.29, 1.82) is 0 Å². The Kier molecular flexibility index (Phi) is 6.02. The Morgan fingerprint density at radius 1 is 1.39 bits per heavy atom. The van der Waals surface area contributed by atoms with Crippen LogP contribution in [0.2, 0.25) is 0 Å². The highest BCUT2D eigenvalue weighted by Crippen LogP contribution is 2.27. The summed E-state index contributed by atoms with van der Waals surface area (Å²) >= 11 is 0. The van der Waals surface area contributed by atoms with Crippen LogP contribution in [0.1, 0.15) is 58.8 Å². The summed E-state index contributed by atoms with van der Waals surface area (Å²) in [5, 5.41) is 10.7. The van der Waals surface area contributed by atoms with Crippen LogP contribution >= 0.6 is 0 Å². The van der Waals surface area contributed by atoms with Crippen LogP contribution in [-0.4, -0.2) is 16.7 Å². The van der Waals surface area contributed by atoms with Gasteiger partial charge in [0.15, 0.2) is 5.78 Å². The van der Waals surface area contributed by atoms with E-state index in [4.69, 9.17) is 0 Å². The molecule has 0 aliphatic heterocycles. The van der Waals surface area contributed by atoms with Crippen LogP contribution in [0.4, 0.5) is 0 Å². The molecule has 1 atom stereocenters. The van der Waals surface area contributed by atoms with Crippen molar-refractivity contribution in [3.05, 3.63) is 21.8 Å². The van der Waals surface area contributed by atoms with Gasteiger partial charge >= 0.3 is 0 Å². The molecule has 1 rings (SSSR count). The number of allylic oxidation sites excluding steroid dienone is 1. The first-order valence-electron chi connectivity index (χ1n) is 6.92. The molecule has 1 unspecified atom stereocenters. The Morgan fingerprint density at radius 3 is 2.50 bits per heavy atom. The van der Waals surface area contributed by atoms with Crippen LogP contribution in [0.25, 0.3) is 0 Å². The second kappa shape index (κ2) is 7.29. The molecule has 1 saturated carbocycles. The van der Waals surface area contributed by atoms with Gasteiger partial charge in [0, 0.05) is 24.7 Å². The topological polar surface area (TPSA) is 60.2 Å². The third kappa shape index (κ3) is 4.59. The fourth-order valence-corrected chi connectivity index (χ4v) is 2.48. The number of nitrogens with zero attached hydrogens (tertiary/aromatic N) is 1. The number of hydrogen-bond donors (Lipinski definition) is 0. The lowest BCUT2D eigenvalue weighted by Gasteiger charge is -2.19. The van der Waals surface area contributed by atoms with Gasteiger partial charge in [-0.3, -0.25) is 14.9 Å². The molecule has 1 fully saturated rings. The average Bonchev–Trinajstić information content (AvgIpc) is 2.38. The molecular weight excluding hydrogens is 230 g/mol. The smallest absolute Gasteiger partial charge is 0.214 e. The number of ketones is 1. The second-order valence-corrected chi connectivity index (χ2v) is 5.21. The van der Waals surface area contributed by atoms with Gasteiger partial charge in [0.25, 0.3) is 0 Å². The second-order valence-electron chi connectivity index (χ2n) is 5.21. The zero-order valence-corrected chi connectivity index (χ0v) is 11.4. The molecule has 4 nitrogen and oxygen atoms in total. The summed E-state index contributed by atoms with van der Waals surface area (Å²) in [6.45, 7) is 3.38. The van der Waals surface area contributed by atoms with Crippen LogP contribution in [0.15, 0.2) is 11.6 Å². The molecule has 0 aromatic rings. The molecule has 0 aromatic heterocycles. The van der Waals surface area contributed by atoms with Crippen LogP contribution < -0.4 is 0 Å². The minimum Gasteiger partial charge on any atom is -0.295 e. The number of hydrogen-bond acceptors (Lipinski definition) is 3. The molecule has 0 N–H and O–H groups in total. The maximum absolute atomic E-state index is 11.9. The maximum Gasteiger partial charge on any atom is 0.214 e. The van der Waals surface area contributed by atoms with Crippen LogP contribution in [0.5, 0.6) is 0 Å². The van der Waals surface area contributed by atoms with Crippen molar-refractivity contribution in [1.82, 2.24) is 0 Å². The molecule has 0 aromatic carbocycles. The molecule has 0 bridgehead atoms. The highest BCUT2D eigenvalue weighted by molar-refractivity contribution is 5.95. The highest BCUT2D eigenvalue weighted by atomic mass is 16.6. The van der Waals surface area contributed by atoms with Gasteiger partial charge < -0.3 is 0 Å². The zero-order valence-electron chi connectivity index (χ0n) is 11.4. The number of carbonyl (C=O) groups is 1. The highest BCUT2D eigenvalue weighted by Gasteiger charge is 2.21. The van der Waals surface area contributed by atoms with Gasteiger partial charge in [-0.1, -0.05) is 32.3 Å². The Morgan fingerprint density at radius 2 is 2.00 bits per heavy atom. The van der Waals surface area contributed by atoms with Crippen LogP contribution in [-0.2, 0) is 4.79 Å². The lowest BCUT2D eigenvalue weighted by molar-refractivity contribution is -0.517. The Balaban J connectivity index is 2.73. The number of rotatable bonds is 6. The summed E-state index contributed by atoms with van der Waals surface area (Å²) in [4.78, 5) is 22.2. The Hall–Kier alpha value is -1.19. The molecule has 102 valence electrons. The normalized spacial score (nSPS) is 19.6. The fraction of sp³-hybridized carbons (Fsp3) is 0.786. The SMILES string of the molecule is CCC(=O)/C(=C/C1CCCCC1)CC(C)[N+](=O)[O-]. The first kappa shape index (κ1) is 14.9. The molecule has 0 heterocycles. The summed E-state index contributed by atoms with van der Waals surface area (Å²) in [6, 6.07) is -0.671. The quantitative estimate of drug-likeness (QED) is 0.413. The molecule has 1 aliphatic carbocycles. The van der Waals surface area contributed by atoms with Crippen molar-refractivity contribution in [3.63, 3.8) is 0 Å².